The summed E-state index contributed by atoms with van der Waals surface area (Å²) in [7, 11) is 0. The van der Waals surface area contributed by atoms with Gasteiger partial charge in [-0.25, -0.2) is 4.79 Å². The predicted octanol–water partition coefficient (Wildman–Crippen LogP) is 4.58. The standard InChI is InChI=1S/C28H27NO4/c30-26(27(31)24-14-6-8-18-7-5-13-19(18)24)15-16-29-28(32)33-17-25-22-11-3-1-9-20(22)21-10-2-4-12-23(21)25/h1-12,14,25-27,30-31H,13,15-17H2,(H,29,32). The molecule has 0 bridgehead atoms. The van der Waals surface area contributed by atoms with E-state index in [-0.39, 0.29) is 25.5 Å². The number of allylic oxidation sites excluding steroid dienone is 1. The Balaban J connectivity index is 1.14. The third-order valence-corrected chi connectivity index (χ3v) is 6.60. The van der Waals surface area contributed by atoms with Gasteiger partial charge in [0.15, 0.2) is 0 Å². The molecule has 0 fully saturated rings. The van der Waals surface area contributed by atoms with Crippen LogP contribution in [0.4, 0.5) is 4.79 Å². The molecule has 5 heteroatoms. The van der Waals surface area contributed by atoms with Gasteiger partial charge in [-0.2, -0.15) is 0 Å². The summed E-state index contributed by atoms with van der Waals surface area (Å²) in [5.74, 6) is 0.00403. The molecule has 0 heterocycles. The smallest absolute Gasteiger partial charge is 0.407 e. The highest BCUT2D eigenvalue weighted by Gasteiger charge is 2.29. The lowest BCUT2D eigenvalue weighted by Crippen LogP contribution is -2.31. The summed E-state index contributed by atoms with van der Waals surface area (Å²) in [6.07, 6.45) is 2.55. The Bertz CT molecular complexity index is 1160. The van der Waals surface area contributed by atoms with E-state index in [1.807, 2.05) is 54.6 Å². The van der Waals surface area contributed by atoms with E-state index >= 15 is 0 Å². The van der Waals surface area contributed by atoms with E-state index in [1.165, 1.54) is 11.1 Å². The number of carbonyl (C=O) groups is 1. The molecule has 5 rings (SSSR count). The van der Waals surface area contributed by atoms with E-state index in [0.717, 1.165) is 34.2 Å². The number of amides is 1. The number of fused-ring (bicyclic) bond motifs is 4. The van der Waals surface area contributed by atoms with Crippen molar-refractivity contribution in [1.29, 1.82) is 0 Å². The molecule has 2 aliphatic carbocycles. The van der Waals surface area contributed by atoms with Crippen LogP contribution in [-0.2, 0) is 11.2 Å². The molecule has 3 aromatic carbocycles. The molecule has 1 amide bonds. The van der Waals surface area contributed by atoms with Crippen LogP contribution in [0.5, 0.6) is 0 Å². The molecule has 0 aromatic heterocycles. The van der Waals surface area contributed by atoms with Crippen LogP contribution < -0.4 is 5.32 Å². The first kappa shape index (κ1) is 21.4. The zero-order chi connectivity index (χ0) is 22.8. The lowest BCUT2D eigenvalue weighted by molar-refractivity contribution is 0.0132. The number of nitrogens with one attached hydrogen (secondary N) is 1. The van der Waals surface area contributed by atoms with Gasteiger partial charge in [0.05, 0.1) is 6.10 Å². The summed E-state index contributed by atoms with van der Waals surface area (Å²) < 4.78 is 5.52. The molecular formula is C28H27NO4. The lowest BCUT2D eigenvalue weighted by atomic mass is 9.94. The first-order valence-electron chi connectivity index (χ1n) is 11.4. The van der Waals surface area contributed by atoms with Crippen LogP contribution in [0.1, 0.15) is 46.3 Å². The monoisotopic (exact) mass is 441 g/mol. The lowest BCUT2D eigenvalue weighted by Gasteiger charge is -2.21. The molecule has 2 aliphatic rings. The van der Waals surface area contributed by atoms with E-state index in [1.54, 1.807) is 0 Å². The Labute approximate surface area is 193 Å². The highest BCUT2D eigenvalue weighted by Crippen LogP contribution is 2.44. The second kappa shape index (κ2) is 9.22. The third-order valence-electron chi connectivity index (χ3n) is 6.60. The van der Waals surface area contributed by atoms with Gasteiger partial charge < -0.3 is 20.3 Å². The molecule has 0 radical (unpaired) electrons. The van der Waals surface area contributed by atoms with Crippen molar-refractivity contribution in [3.05, 3.63) is 101 Å². The van der Waals surface area contributed by atoms with Gasteiger partial charge in [-0.15, -0.1) is 0 Å². The normalized spacial score (nSPS) is 15.5. The molecule has 33 heavy (non-hydrogen) atoms. The second-order valence-electron chi connectivity index (χ2n) is 8.57. The summed E-state index contributed by atoms with van der Waals surface area (Å²) in [5.41, 5.74) is 7.56. The van der Waals surface area contributed by atoms with E-state index in [0.29, 0.717) is 0 Å². The number of aliphatic hydroxyl groups excluding tert-OH is 2. The number of carbonyl (C=O) groups excluding carboxylic acids is 1. The topological polar surface area (TPSA) is 78.8 Å². The van der Waals surface area contributed by atoms with Crippen LogP contribution in [0.15, 0.2) is 72.8 Å². The minimum Gasteiger partial charge on any atom is -0.449 e. The molecule has 3 aromatic rings. The first-order valence-corrected chi connectivity index (χ1v) is 11.4. The number of ether oxygens (including phenoxy) is 1. The molecule has 5 nitrogen and oxygen atoms in total. The van der Waals surface area contributed by atoms with Crippen molar-refractivity contribution in [2.24, 2.45) is 0 Å². The number of hydrogen-bond donors (Lipinski definition) is 3. The van der Waals surface area contributed by atoms with E-state index in [2.05, 4.69) is 29.6 Å². The predicted molar refractivity (Wildman–Crippen MR) is 128 cm³/mol. The molecule has 3 N–H and O–H groups in total. The number of hydrogen-bond acceptors (Lipinski definition) is 4. The quantitative estimate of drug-likeness (QED) is 0.502. The number of alkyl carbamates (subject to hydrolysis) is 1. The SMILES string of the molecule is O=C(NCCC(O)C(O)c1cccc2c1CC=C2)OCC1c2ccccc2-c2ccccc21. The summed E-state index contributed by atoms with van der Waals surface area (Å²) in [5, 5.41) is 23.8. The highest BCUT2D eigenvalue weighted by atomic mass is 16.5. The maximum Gasteiger partial charge on any atom is 0.407 e. The Morgan fingerprint density at radius 3 is 2.39 bits per heavy atom. The van der Waals surface area contributed by atoms with Gasteiger partial charge in [0.1, 0.15) is 12.7 Å². The van der Waals surface area contributed by atoms with Crippen LogP contribution in [0.25, 0.3) is 17.2 Å². The Kier molecular flexibility index (Phi) is 5.99. The van der Waals surface area contributed by atoms with Crippen molar-refractivity contribution in [3.63, 3.8) is 0 Å². The summed E-state index contributed by atoms with van der Waals surface area (Å²) >= 11 is 0. The van der Waals surface area contributed by atoms with Gasteiger partial charge in [0.25, 0.3) is 0 Å². The molecule has 2 unspecified atom stereocenters. The van der Waals surface area contributed by atoms with Crippen LogP contribution in [0.2, 0.25) is 0 Å². The van der Waals surface area contributed by atoms with Gasteiger partial charge in [-0.3, -0.25) is 0 Å². The maximum absolute atomic E-state index is 12.3. The van der Waals surface area contributed by atoms with Crippen molar-refractivity contribution < 1.29 is 19.7 Å². The fourth-order valence-corrected chi connectivity index (χ4v) is 4.93. The van der Waals surface area contributed by atoms with Gasteiger partial charge >= 0.3 is 6.09 Å². The summed E-state index contributed by atoms with van der Waals surface area (Å²) in [6, 6.07) is 22.1. The average Bonchev–Trinajstić information content (AvgIpc) is 3.45. The molecule has 0 saturated carbocycles. The zero-order valence-electron chi connectivity index (χ0n) is 18.3. The Morgan fingerprint density at radius 1 is 0.970 bits per heavy atom. The van der Waals surface area contributed by atoms with Gasteiger partial charge in [0, 0.05) is 12.5 Å². The fraction of sp³-hybridized carbons (Fsp3) is 0.250. The summed E-state index contributed by atoms with van der Waals surface area (Å²) in [6.45, 7) is 0.455. The molecule has 0 aliphatic heterocycles. The zero-order valence-corrected chi connectivity index (χ0v) is 18.3. The third kappa shape index (κ3) is 4.17. The van der Waals surface area contributed by atoms with Crippen LogP contribution in [-0.4, -0.2) is 35.6 Å². The Morgan fingerprint density at radius 2 is 1.67 bits per heavy atom. The molecule has 0 saturated heterocycles. The van der Waals surface area contributed by atoms with Crippen molar-refractivity contribution >= 4 is 12.2 Å². The first-order chi connectivity index (χ1) is 16.1. The van der Waals surface area contributed by atoms with Crippen LogP contribution >= 0.6 is 0 Å². The molecular weight excluding hydrogens is 414 g/mol. The largest absolute Gasteiger partial charge is 0.449 e. The van der Waals surface area contributed by atoms with E-state index in [9.17, 15) is 15.0 Å². The van der Waals surface area contributed by atoms with Crippen molar-refractivity contribution in [1.82, 2.24) is 5.32 Å². The molecule has 168 valence electrons. The highest BCUT2D eigenvalue weighted by molar-refractivity contribution is 5.79. The van der Waals surface area contributed by atoms with Crippen molar-refractivity contribution in [2.75, 3.05) is 13.2 Å². The van der Waals surface area contributed by atoms with E-state index < -0.39 is 18.3 Å². The van der Waals surface area contributed by atoms with Crippen LogP contribution in [0.3, 0.4) is 0 Å². The Hall–Kier alpha value is -3.41. The number of rotatable bonds is 7. The van der Waals surface area contributed by atoms with Crippen LogP contribution in [0, 0.1) is 0 Å². The summed E-state index contributed by atoms with van der Waals surface area (Å²) in [4.78, 5) is 12.3. The number of benzene rings is 3. The van der Waals surface area contributed by atoms with E-state index in [4.69, 9.17) is 4.74 Å². The second-order valence-corrected chi connectivity index (χ2v) is 8.57. The van der Waals surface area contributed by atoms with Gasteiger partial charge in [-0.1, -0.05) is 78.9 Å². The fourth-order valence-electron chi connectivity index (χ4n) is 4.93. The number of aliphatic hydroxyl groups is 2. The van der Waals surface area contributed by atoms with Crippen molar-refractivity contribution in [2.45, 2.75) is 31.0 Å². The average molecular weight is 442 g/mol. The minimum absolute atomic E-state index is 0.00403. The van der Waals surface area contributed by atoms with Gasteiger partial charge in [-0.05, 0) is 51.8 Å². The molecule has 0 spiro atoms. The van der Waals surface area contributed by atoms with Crippen molar-refractivity contribution in [3.8, 4) is 11.1 Å². The van der Waals surface area contributed by atoms with Gasteiger partial charge in [0.2, 0.25) is 0 Å². The maximum atomic E-state index is 12.3. The minimum atomic E-state index is -0.996. The molecule has 2 atom stereocenters.